The van der Waals surface area contributed by atoms with Crippen molar-refractivity contribution < 1.29 is 9.13 Å². The SMILES string of the molecule is CCc1cc(CNC)cc(Oc2ccc(F)cc2Cl)n1. The lowest BCUT2D eigenvalue weighted by atomic mass is 10.2. The number of nitrogens with zero attached hydrogens (tertiary/aromatic N) is 1. The van der Waals surface area contributed by atoms with E-state index in [-0.39, 0.29) is 5.02 Å². The quantitative estimate of drug-likeness (QED) is 0.907. The van der Waals surface area contributed by atoms with E-state index in [1.807, 2.05) is 26.1 Å². The molecular formula is C15H16ClFN2O. The van der Waals surface area contributed by atoms with Crippen molar-refractivity contribution in [2.75, 3.05) is 7.05 Å². The average Bonchev–Trinajstić information content (AvgIpc) is 2.42. The number of nitrogens with one attached hydrogen (secondary N) is 1. The van der Waals surface area contributed by atoms with E-state index in [9.17, 15) is 4.39 Å². The highest BCUT2D eigenvalue weighted by molar-refractivity contribution is 6.32. The summed E-state index contributed by atoms with van der Waals surface area (Å²) in [6, 6.07) is 7.88. The molecule has 0 aliphatic carbocycles. The molecule has 0 radical (unpaired) electrons. The third-order valence-electron chi connectivity index (χ3n) is 2.77. The fraction of sp³-hybridized carbons (Fsp3) is 0.267. The molecule has 0 spiro atoms. The predicted molar refractivity (Wildman–Crippen MR) is 77.9 cm³/mol. The van der Waals surface area contributed by atoms with Crippen molar-refractivity contribution in [2.24, 2.45) is 0 Å². The molecule has 1 aromatic carbocycles. The predicted octanol–water partition coefficient (Wildman–Crippen LogP) is 3.95. The van der Waals surface area contributed by atoms with Crippen LogP contribution in [0.25, 0.3) is 0 Å². The van der Waals surface area contributed by atoms with Gasteiger partial charge in [-0.1, -0.05) is 18.5 Å². The summed E-state index contributed by atoms with van der Waals surface area (Å²) in [5.74, 6) is 0.459. The second-order valence-corrected chi connectivity index (χ2v) is 4.77. The minimum Gasteiger partial charge on any atom is -0.437 e. The molecule has 20 heavy (non-hydrogen) atoms. The molecule has 5 heteroatoms. The van der Waals surface area contributed by atoms with Gasteiger partial charge in [0.1, 0.15) is 11.6 Å². The normalized spacial score (nSPS) is 10.6. The van der Waals surface area contributed by atoms with E-state index in [1.54, 1.807) is 0 Å². The fourth-order valence-corrected chi connectivity index (χ4v) is 2.04. The molecular weight excluding hydrogens is 279 g/mol. The number of rotatable bonds is 5. The molecule has 106 valence electrons. The van der Waals surface area contributed by atoms with Gasteiger partial charge in [-0.3, -0.25) is 0 Å². The highest BCUT2D eigenvalue weighted by Crippen LogP contribution is 2.29. The van der Waals surface area contributed by atoms with Crippen molar-refractivity contribution >= 4 is 11.6 Å². The number of aryl methyl sites for hydroxylation is 1. The third kappa shape index (κ3) is 3.68. The summed E-state index contributed by atoms with van der Waals surface area (Å²) < 4.78 is 18.7. The molecule has 0 aliphatic heterocycles. The summed E-state index contributed by atoms with van der Waals surface area (Å²) in [7, 11) is 1.88. The maximum absolute atomic E-state index is 13.0. The number of benzene rings is 1. The molecule has 0 fully saturated rings. The Balaban J connectivity index is 2.29. The number of ether oxygens (including phenoxy) is 1. The average molecular weight is 295 g/mol. The first-order chi connectivity index (χ1) is 9.62. The summed E-state index contributed by atoms with van der Waals surface area (Å²) in [4.78, 5) is 4.39. The largest absolute Gasteiger partial charge is 0.437 e. The molecule has 1 N–H and O–H groups in total. The Morgan fingerprint density at radius 1 is 1.30 bits per heavy atom. The van der Waals surface area contributed by atoms with Crippen LogP contribution in [0, 0.1) is 5.82 Å². The maximum atomic E-state index is 13.0. The third-order valence-corrected chi connectivity index (χ3v) is 3.06. The highest BCUT2D eigenvalue weighted by Gasteiger charge is 2.08. The van der Waals surface area contributed by atoms with Gasteiger partial charge in [0.25, 0.3) is 0 Å². The molecule has 0 amide bonds. The van der Waals surface area contributed by atoms with Crippen LogP contribution in [0.5, 0.6) is 11.6 Å². The van der Waals surface area contributed by atoms with Crippen LogP contribution in [0.4, 0.5) is 4.39 Å². The van der Waals surface area contributed by atoms with Crippen LogP contribution in [0.1, 0.15) is 18.2 Å². The van der Waals surface area contributed by atoms with Crippen LogP contribution in [0.15, 0.2) is 30.3 Å². The van der Waals surface area contributed by atoms with Crippen molar-refractivity contribution in [2.45, 2.75) is 19.9 Å². The molecule has 0 aliphatic rings. The van der Waals surface area contributed by atoms with Crippen LogP contribution >= 0.6 is 11.6 Å². The Kier molecular flexibility index (Phi) is 4.93. The fourth-order valence-electron chi connectivity index (χ4n) is 1.83. The number of hydrogen-bond donors (Lipinski definition) is 1. The Morgan fingerprint density at radius 2 is 2.10 bits per heavy atom. The lowest BCUT2D eigenvalue weighted by Gasteiger charge is -2.10. The first-order valence-electron chi connectivity index (χ1n) is 6.39. The minimum atomic E-state index is -0.395. The minimum absolute atomic E-state index is 0.226. The van der Waals surface area contributed by atoms with Gasteiger partial charge in [0.15, 0.2) is 0 Å². The van der Waals surface area contributed by atoms with Gasteiger partial charge in [0, 0.05) is 18.3 Å². The van der Waals surface area contributed by atoms with Crippen LogP contribution in [-0.2, 0) is 13.0 Å². The first-order valence-corrected chi connectivity index (χ1v) is 6.77. The molecule has 0 atom stereocenters. The molecule has 0 unspecified atom stereocenters. The Labute approximate surface area is 122 Å². The number of hydrogen-bond acceptors (Lipinski definition) is 3. The zero-order chi connectivity index (χ0) is 14.5. The number of aromatic nitrogens is 1. The van der Waals surface area contributed by atoms with Crippen LogP contribution in [0.2, 0.25) is 5.02 Å². The topological polar surface area (TPSA) is 34.1 Å². The Morgan fingerprint density at radius 3 is 2.75 bits per heavy atom. The van der Waals surface area contributed by atoms with Crippen molar-refractivity contribution in [3.05, 3.63) is 52.4 Å². The van der Waals surface area contributed by atoms with Gasteiger partial charge in [-0.2, -0.15) is 0 Å². The zero-order valence-corrected chi connectivity index (χ0v) is 12.2. The molecule has 1 heterocycles. The Hall–Kier alpha value is -1.65. The first kappa shape index (κ1) is 14.8. The second kappa shape index (κ2) is 6.68. The van der Waals surface area contributed by atoms with E-state index < -0.39 is 5.82 Å². The van der Waals surface area contributed by atoms with Gasteiger partial charge in [-0.25, -0.2) is 9.37 Å². The second-order valence-electron chi connectivity index (χ2n) is 4.37. The standard InChI is InChI=1S/C15H16ClFN2O/c1-3-12-6-10(9-18-2)7-15(19-12)20-14-5-4-11(17)8-13(14)16/h4-8,18H,3,9H2,1-2H3. The number of halogens is 2. The van der Waals surface area contributed by atoms with E-state index in [1.165, 1.54) is 18.2 Å². The van der Waals surface area contributed by atoms with Gasteiger partial charge >= 0.3 is 0 Å². The summed E-state index contributed by atoms with van der Waals surface area (Å²) in [6.45, 7) is 2.75. The summed E-state index contributed by atoms with van der Waals surface area (Å²) in [5.41, 5.74) is 2.01. The summed E-state index contributed by atoms with van der Waals surface area (Å²) >= 11 is 5.95. The van der Waals surface area contributed by atoms with Crippen molar-refractivity contribution in [3.63, 3.8) is 0 Å². The van der Waals surface area contributed by atoms with Gasteiger partial charge in [-0.05, 0) is 43.3 Å². The van der Waals surface area contributed by atoms with Crippen LogP contribution in [-0.4, -0.2) is 12.0 Å². The van der Waals surface area contributed by atoms with E-state index in [0.717, 1.165) is 24.2 Å². The molecule has 3 nitrogen and oxygen atoms in total. The smallest absolute Gasteiger partial charge is 0.219 e. The van der Waals surface area contributed by atoms with Gasteiger partial charge in [0.05, 0.1) is 5.02 Å². The van der Waals surface area contributed by atoms with E-state index >= 15 is 0 Å². The van der Waals surface area contributed by atoms with E-state index in [0.29, 0.717) is 11.6 Å². The van der Waals surface area contributed by atoms with E-state index in [2.05, 4.69) is 10.3 Å². The monoisotopic (exact) mass is 294 g/mol. The maximum Gasteiger partial charge on any atom is 0.219 e. The molecule has 0 bridgehead atoms. The van der Waals surface area contributed by atoms with Gasteiger partial charge < -0.3 is 10.1 Å². The van der Waals surface area contributed by atoms with Crippen molar-refractivity contribution in [3.8, 4) is 11.6 Å². The molecule has 2 rings (SSSR count). The van der Waals surface area contributed by atoms with Crippen LogP contribution in [0.3, 0.4) is 0 Å². The van der Waals surface area contributed by atoms with Crippen molar-refractivity contribution in [1.29, 1.82) is 0 Å². The molecule has 0 saturated carbocycles. The van der Waals surface area contributed by atoms with Crippen LogP contribution < -0.4 is 10.1 Å². The highest BCUT2D eigenvalue weighted by atomic mass is 35.5. The lowest BCUT2D eigenvalue weighted by molar-refractivity contribution is 0.458. The Bertz CT molecular complexity index is 604. The van der Waals surface area contributed by atoms with Gasteiger partial charge in [-0.15, -0.1) is 0 Å². The van der Waals surface area contributed by atoms with Gasteiger partial charge in [0.2, 0.25) is 5.88 Å². The molecule has 2 aromatic rings. The van der Waals surface area contributed by atoms with Crippen molar-refractivity contribution in [1.82, 2.24) is 10.3 Å². The summed E-state index contributed by atoms with van der Waals surface area (Å²) in [6.07, 6.45) is 0.811. The lowest BCUT2D eigenvalue weighted by Crippen LogP contribution is -2.06. The molecule has 0 saturated heterocycles. The summed E-state index contributed by atoms with van der Waals surface area (Å²) in [5, 5.41) is 3.31. The van der Waals surface area contributed by atoms with E-state index in [4.69, 9.17) is 16.3 Å². The number of pyridine rings is 1. The zero-order valence-electron chi connectivity index (χ0n) is 11.4. The molecule has 1 aromatic heterocycles.